The number of halogens is 3. The van der Waals surface area contributed by atoms with Crippen LogP contribution < -0.4 is 5.32 Å². The fourth-order valence-corrected chi connectivity index (χ4v) is 7.25. The quantitative estimate of drug-likeness (QED) is 0.255. The van der Waals surface area contributed by atoms with Crippen molar-refractivity contribution < 1.29 is 50.6 Å². The van der Waals surface area contributed by atoms with Gasteiger partial charge in [-0.15, -0.1) is 0 Å². The number of rotatable bonds is 9. The van der Waals surface area contributed by atoms with Gasteiger partial charge in [0, 0.05) is 26.1 Å². The Morgan fingerprint density at radius 3 is 1.96 bits per heavy atom. The minimum Gasteiger partial charge on any atom is -0.475 e. The van der Waals surface area contributed by atoms with Crippen LogP contribution in [0.15, 0.2) is 89.8 Å². The average Bonchev–Trinajstić information content (AvgIpc) is 3.50. The summed E-state index contributed by atoms with van der Waals surface area (Å²) in [6.07, 6.45) is -5.00. The molecule has 0 aliphatic carbocycles. The average molecular weight is 690 g/mol. The number of alkyl halides is 3. The van der Waals surface area contributed by atoms with Crippen molar-refractivity contribution >= 4 is 33.8 Å². The SMILES string of the molecule is COC(=O)[C@]1(Cc2ccccc2)N[C@H](CN(C)S(=O)(=O)c2ccc(C)cc2)[C@@H]2C(=O)N(Cc3ccccc3)C(=O)[C@@H]21.O=C(O)C(F)(F)F. The maximum absolute atomic E-state index is 14.0. The summed E-state index contributed by atoms with van der Waals surface area (Å²) in [4.78, 5) is 51.8. The fraction of sp³-hybridized carbons (Fsp3) is 0.333. The van der Waals surface area contributed by atoms with Gasteiger partial charge in [-0.1, -0.05) is 78.4 Å². The van der Waals surface area contributed by atoms with E-state index in [9.17, 15) is 36.0 Å². The highest BCUT2D eigenvalue weighted by Crippen LogP contribution is 2.46. The summed E-state index contributed by atoms with van der Waals surface area (Å²) in [5, 5.41) is 10.4. The highest BCUT2D eigenvalue weighted by atomic mass is 32.2. The highest BCUT2D eigenvalue weighted by Gasteiger charge is 2.68. The smallest absolute Gasteiger partial charge is 0.475 e. The predicted molar refractivity (Wildman–Crippen MR) is 165 cm³/mol. The van der Waals surface area contributed by atoms with Crippen LogP contribution in [0.1, 0.15) is 16.7 Å². The van der Waals surface area contributed by atoms with E-state index < -0.39 is 63.4 Å². The Labute approximate surface area is 275 Å². The minimum absolute atomic E-state index is 0.0539. The van der Waals surface area contributed by atoms with Gasteiger partial charge in [-0.2, -0.15) is 17.5 Å². The molecule has 0 radical (unpaired) electrons. The number of carboxylic acids is 1. The Hall–Kier alpha value is -4.60. The third-order valence-corrected chi connectivity index (χ3v) is 10.2. The number of likely N-dealkylation sites (tertiary alicyclic amines) is 1. The number of benzene rings is 3. The lowest BCUT2D eigenvalue weighted by Crippen LogP contribution is -2.59. The second-order valence-electron chi connectivity index (χ2n) is 11.5. The Bertz CT molecular complexity index is 1760. The van der Waals surface area contributed by atoms with Crippen molar-refractivity contribution in [1.82, 2.24) is 14.5 Å². The Morgan fingerprint density at radius 1 is 0.938 bits per heavy atom. The zero-order valence-corrected chi connectivity index (χ0v) is 27.0. The van der Waals surface area contributed by atoms with Crippen LogP contribution in [-0.2, 0) is 46.9 Å². The van der Waals surface area contributed by atoms with Gasteiger partial charge in [-0.25, -0.2) is 13.2 Å². The number of aryl methyl sites for hydroxylation is 1. The molecular weight excluding hydrogens is 655 g/mol. The number of hydrogen-bond acceptors (Lipinski definition) is 8. The van der Waals surface area contributed by atoms with Crippen molar-refractivity contribution in [1.29, 1.82) is 0 Å². The molecular formula is C33H34F3N3O8S. The van der Waals surface area contributed by atoms with Crippen molar-refractivity contribution in [2.24, 2.45) is 11.8 Å². The Balaban J connectivity index is 0.000000671. The number of sulfonamides is 1. The zero-order chi connectivity index (χ0) is 35.4. The summed E-state index contributed by atoms with van der Waals surface area (Å²) in [7, 11) is -1.24. The van der Waals surface area contributed by atoms with Gasteiger partial charge in [-0.05, 0) is 30.2 Å². The van der Waals surface area contributed by atoms with E-state index >= 15 is 0 Å². The summed E-state index contributed by atoms with van der Waals surface area (Å²) in [5.74, 6) is -6.40. The lowest BCUT2D eigenvalue weighted by Gasteiger charge is -2.33. The van der Waals surface area contributed by atoms with Crippen LogP contribution >= 0.6 is 0 Å². The number of fused-ring (bicyclic) bond motifs is 1. The van der Waals surface area contributed by atoms with Gasteiger partial charge in [0.05, 0.1) is 30.4 Å². The molecule has 256 valence electrons. The first-order chi connectivity index (χ1) is 22.5. The largest absolute Gasteiger partial charge is 0.490 e. The standard InChI is InChI=1S/C31H33N3O6S.C2HF3O2/c1-21-14-16-24(17-15-21)41(38,39)33(2)20-25-26-27(29(36)34(28(26)35)19-23-12-8-5-9-13-23)31(32-25,30(37)40-3)18-22-10-6-4-7-11-22;3-2(4,5)1(6)7/h4-17,25-27,32H,18-20H2,1-3H3;(H,6,7)/t25-,26+,27-,31-;/m1./s1. The van der Waals surface area contributed by atoms with Crippen LogP contribution in [0.25, 0.3) is 0 Å². The van der Waals surface area contributed by atoms with Crippen molar-refractivity contribution in [3.63, 3.8) is 0 Å². The first-order valence-electron chi connectivity index (χ1n) is 14.6. The molecule has 2 saturated heterocycles. The molecule has 5 rings (SSSR count). The van der Waals surface area contributed by atoms with Crippen molar-refractivity contribution in [3.05, 3.63) is 102 Å². The molecule has 0 saturated carbocycles. The van der Waals surface area contributed by atoms with Gasteiger partial charge in [0.1, 0.15) is 5.54 Å². The second kappa shape index (κ2) is 14.3. The lowest BCUT2D eigenvalue weighted by atomic mass is 9.76. The number of ether oxygens (including phenoxy) is 1. The molecule has 0 aromatic heterocycles. The summed E-state index contributed by atoms with van der Waals surface area (Å²) >= 11 is 0. The molecule has 2 aliphatic heterocycles. The molecule has 2 aliphatic rings. The van der Waals surface area contributed by atoms with Crippen LogP contribution in [-0.4, -0.2) is 84.9 Å². The number of aliphatic carboxylic acids is 1. The van der Waals surface area contributed by atoms with Crippen molar-refractivity contribution in [3.8, 4) is 0 Å². The van der Waals surface area contributed by atoms with Crippen LogP contribution in [0.3, 0.4) is 0 Å². The van der Waals surface area contributed by atoms with Gasteiger partial charge in [0.25, 0.3) is 0 Å². The second-order valence-corrected chi connectivity index (χ2v) is 13.6. The van der Waals surface area contributed by atoms with E-state index in [1.54, 1.807) is 12.1 Å². The zero-order valence-electron chi connectivity index (χ0n) is 26.2. The molecule has 48 heavy (non-hydrogen) atoms. The number of amides is 2. The molecule has 2 N–H and O–H groups in total. The Kier molecular flexibility index (Phi) is 10.8. The number of carbonyl (C=O) groups is 4. The number of nitrogens with zero attached hydrogens (tertiary/aromatic N) is 2. The molecule has 2 amide bonds. The molecule has 3 aromatic rings. The van der Waals surface area contributed by atoms with Crippen molar-refractivity contribution in [2.75, 3.05) is 20.7 Å². The molecule has 2 fully saturated rings. The number of likely N-dealkylation sites (N-methyl/N-ethyl adjacent to an activating group) is 1. The maximum Gasteiger partial charge on any atom is 0.490 e. The van der Waals surface area contributed by atoms with E-state index in [0.717, 1.165) is 16.7 Å². The molecule has 0 unspecified atom stereocenters. The topological polar surface area (TPSA) is 150 Å². The third kappa shape index (κ3) is 7.42. The summed E-state index contributed by atoms with van der Waals surface area (Å²) in [5.41, 5.74) is 0.888. The third-order valence-electron chi connectivity index (χ3n) is 8.33. The van der Waals surface area contributed by atoms with Crippen molar-refractivity contribution in [2.45, 2.75) is 42.5 Å². The normalized spacial score (nSPS) is 22.2. The summed E-state index contributed by atoms with van der Waals surface area (Å²) in [6.45, 7) is 1.78. The number of hydrogen-bond donors (Lipinski definition) is 2. The molecule has 15 heteroatoms. The number of esters is 1. The van der Waals surface area contributed by atoms with Crippen LogP contribution in [0.5, 0.6) is 0 Å². The number of carboxylic acid groups (broad SMARTS) is 1. The van der Waals surface area contributed by atoms with E-state index in [1.807, 2.05) is 67.6 Å². The maximum atomic E-state index is 14.0. The van der Waals surface area contributed by atoms with E-state index in [2.05, 4.69) is 5.32 Å². The molecule has 4 atom stereocenters. The number of imide groups is 1. The summed E-state index contributed by atoms with van der Waals surface area (Å²) < 4.78 is 65.1. The van der Waals surface area contributed by atoms with E-state index in [1.165, 1.54) is 35.5 Å². The molecule has 0 spiro atoms. The van der Waals surface area contributed by atoms with Gasteiger partial charge in [0.15, 0.2) is 0 Å². The van der Waals surface area contributed by atoms with Gasteiger partial charge in [-0.3, -0.25) is 24.6 Å². The molecule has 2 heterocycles. The van der Waals surface area contributed by atoms with Gasteiger partial charge < -0.3 is 9.84 Å². The monoisotopic (exact) mass is 689 g/mol. The van der Waals surface area contributed by atoms with E-state index in [4.69, 9.17) is 14.6 Å². The van der Waals surface area contributed by atoms with Crippen LogP contribution in [0.2, 0.25) is 0 Å². The first-order valence-corrected chi connectivity index (χ1v) is 16.1. The molecule has 0 bridgehead atoms. The van der Waals surface area contributed by atoms with Gasteiger partial charge in [0.2, 0.25) is 21.8 Å². The van der Waals surface area contributed by atoms with Gasteiger partial charge >= 0.3 is 18.1 Å². The lowest BCUT2D eigenvalue weighted by molar-refractivity contribution is -0.192. The van der Waals surface area contributed by atoms with E-state index in [0.29, 0.717) is 0 Å². The summed E-state index contributed by atoms with van der Waals surface area (Å²) in [6, 6.07) is 24.0. The minimum atomic E-state index is -5.08. The van der Waals surface area contributed by atoms with E-state index in [-0.39, 0.29) is 24.4 Å². The first kappa shape index (κ1) is 36.2. The predicted octanol–water partition coefficient (Wildman–Crippen LogP) is 3.18. The number of methoxy groups -OCH3 is 1. The number of nitrogens with one attached hydrogen (secondary N) is 1. The molecule has 11 nitrogen and oxygen atoms in total. The van der Waals surface area contributed by atoms with Crippen LogP contribution in [0.4, 0.5) is 13.2 Å². The fourth-order valence-electron chi connectivity index (χ4n) is 6.05. The molecule has 3 aromatic carbocycles. The number of carbonyl (C=O) groups excluding carboxylic acids is 3. The Morgan fingerprint density at radius 2 is 1.46 bits per heavy atom. The van der Waals surface area contributed by atoms with Crippen LogP contribution in [0, 0.1) is 18.8 Å². The highest BCUT2D eigenvalue weighted by molar-refractivity contribution is 7.89.